The van der Waals surface area contributed by atoms with Crippen molar-refractivity contribution in [3.8, 4) is 0 Å². The van der Waals surface area contributed by atoms with E-state index in [0.717, 1.165) is 16.9 Å². The molecule has 3 aromatic rings. The van der Waals surface area contributed by atoms with Crippen molar-refractivity contribution in [3.63, 3.8) is 0 Å². The van der Waals surface area contributed by atoms with Crippen LogP contribution >= 0.6 is 0 Å². The first-order valence-corrected chi connectivity index (χ1v) is 7.38. The summed E-state index contributed by atoms with van der Waals surface area (Å²) in [6, 6.07) is 12.0. The summed E-state index contributed by atoms with van der Waals surface area (Å²) in [6.45, 7) is 4.68. The highest BCUT2D eigenvalue weighted by atomic mass is 15.3. The van der Waals surface area contributed by atoms with Gasteiger partial charge in [0, 0.05) is 11.9 Å². The lowest BCUT2D eigenvalue weighted by atomic mass is 10.1. The van der Waals surface area contributed by atoms with E-state index >= 15 is 0 Å². The average Bonchev–Trinajstić information content (AvgIpc) is 2.58. The van der Waals surface area contributed by atoms with Crippen LogP contribution < -0.4 is 10.6 Å². The Labute approximate surface area is 135 Å². The summed E-state index contributed by atoms with van der Waals surface area (Å²) >= 11 is 0. The largest absolute Gasteiger partial charge is 0.363 e. The fourth-order valence-electron chi connectivity index (χ4n) is 2.12. The van der Waals surface area contributed by atoms with Crippen molar-refractivity contribution in [2.24, 2.45) is 0 Å². The maximum Gasteiger partial charge on any atom is 0.249 e. The molecule has 0 amide bonds. The van der Waals surface area contributed by atoms with Crippen LogP contribution in [0.5, 0.6) is 0 Å². The summed E-state index contributed by atoms with van der Waals surface area (Å²) in [4.78, 5) is 8.69. The lowest BCUT2D eigenvalue weighted by Gasteiger charge is -2.10. The smallest absolute Gasteiger partial charge is 0.249 e. The van der Waals surface area contributed by atoms with Crippen molar-refractivity contribution in [1.29, 1.82) is 0 Å². The van der Waals surface area contributed by atoms with Crippen LogP contribution in [0.4, 0.5) is 17.5 Å². The first-order chi connectivity index (χ1) is 11.2. The highest BCUT2D eigenvalue weighted by Gasteiger charge is 2.04. The molecule has 2 heterocycles. The van der Waals surface area contributed by atoms with E-state index in [1.807, 2.05) is 25.1 Å². The average molecular weight is 306 g/mol. The second kappa shape index (κ2) is 6.83. The van der Waals surface area contributed by atoms with Crippen molar-refractivity contribution in [1.82, 2.24) is 20.2 Å². The van der Waals surface area contributed by atoms with Gasteiger partial charge in [-0.2, -0.15) is 10.1 Å². The number of nitrogens with zero attached hydrogens (tertiary/aromatic N) is 4. The van der Waals surface area contributed by atoms with E-state index in [0.29, 0.717) is 18.3 Å². The van der Waals surface area contributed by atoms with Gasteiger partial charge in [0.05, 0.1) is 18.4 Å². The molecule has 0 bridgehead atoms. The number of rotatable bonds is 5. The number of aryl methyl sites for hydroxylation is 2. The molecule has 3 rings (SSSR count). The molecule has 6 heteroatoms. The van der Waals surface area contributed by atoms with E-state index in [2.05, 4.69) is 55.9 Å². The van der Waals surface area contributed by atoms with E-state index < -0.39 is 0 Å². The van der Waals surface area contributed by atoms with Gasteiger partial charge in [0.1, 0.15) is 0 Å². The molecule has 0 saturated carbocycles. The number of hydrogen-bond acceptors (Lipinski definition) is 6. The summed E-state index contributed by atoms with van der Waals surface area (Å²) in [5, 5.41) is 14.4. The van der Waals surface area contributed by atoms with Gasteiger partial charge in [0.2, 0.25) is 5.95 Å². The van der Waals surface area contributed by atoms with Gasteiger partial charge in [-0.05, 0) is 43.2 Å². The SMILES string of the molecule is Cc1ccc(C)c(Nc2nncc(NCc3ccccn3)n2)c1. The number of nitrogens with one attached hydrogen (secondary N) is 2. The Morgan fingerprint density at radius 3 is 2.83 bits per heavy atom. The summed E-state index contributed by atoms with van der Waals surface area (Å²) in [7, 11) is 0. The third-order valence-corrected chi connectivity index (χ3v) is 3.38. The first kappa shape index (κ1) is 14.9. The zero-order chi connectivity index (χ0) is 16.1. The van der Waals surface area contributed by atoms with Gasteiger partial charge in [0.25, 0.3) is 0 Å². The lowest BCUT2D eigenvalue weighted by molar-refractivity contribution is 0.955. The standard InChI is InChI=1S/C17H18N6/c1-12-6-7-13(2)15(9-12)21-17-22-16(11-20-23-17)19-10-14-5-3-4-8-18-14/h3-9,11H,10H2,1-2H3,(H2,19,21,22,23). The van der Waals surface area contributed by atoms with Gasteiger partial charge in [-0.15, -0.1) is 5.10 Å². The van der Waals surface area contributed by atoms with Gasteiger partial charge in [0.15, 0.2) is 5.82 Å². The van der Waals surface area contributed by atoms with Crippen LogP contribution in [0.3, 0.4) is 0 Å². The highest BCUT2D eigenvalue weighted by molar-refractivity contribution is 5.59. The fourth-order valence-corrected chi connectivity index (χ4v) is 2.12. The molecule has 0 aliphatic heterocycles. The van der Waals surface area contributed by atoms with E-state index in [4.69, 9.17) is 0 Å². The second-order valence-corrected chi connectivity index (χ2v) is 5.28. The Morgan fingerprint density at radius 1 is 1.09 bits per heavy atom. The Kier molecular flexibility index (Phi) is 4.42. The van der Waals surface area contributed by atoms with Crippen molar-refractivity contribution in [2.75, 3.05) is 10.6 Å². The summed E-state index contributed by atoms with van der Waals surface area (Å²) in [5.74, 6) is 1.11. The monoisotopic (exact) mass is 306 g/mol. The molecular formula is C17H18N6. The van der Waals surface area contributed by atoms with E-state index in [-0.39, 0.29) is 0 Å². The molecule has 0 unspecified atom stereocenters. The number of benzene rings is 1. The van der Waals surface area contributed by atoms with Crippen LogP contribution in [0.15, 0.2) is 48.8 Å². The molecule has 1 aromatic carbocycles. The predicted molar refractivity (Wildman–Crippen MR) is 90.6 cm³/mol. The summed E-state index contributed by atoms with van der Waals surface area (Å²) in [5.41, 5.74) is 4.23. The topological polar surface area (TPSA) is 75.6 Å². The van der Waals surface area contributed by atoms with E-state index in [1.165, 1.54) is 5.56 Å². The van der Waals surface area contributed by atoms with Crippen LogP contribution in [-0.4, -0.2) is 20.2 Å². The minimum absolute atomic E-state index is 0.463. The molecule has 6 nitrogen and oxygen atoms in total. The number of anilines is 3. The molecule has 0 aliphatic carbocycles. The molecule has 0 saturated heterocycles. The van der Waals surface area contributed by atoms with Gasteiger partial charge in [-0.3, -0.25) is 4.98 Å². The molecule has 0 atom stereocenters. The normalized spacial score (nSPS) is 10.3. The minimum Gasteiger partial charge on any atom is -0.363 e. The summed E-state index contributed by atoms with van der Waals surface area (Å²) in [6.07, 6.45) is 3.36. The van der Waals surface area contributed by atoms with Crippen LogP contribution in [0.1, 0.15) is 16.8 Å². The number of pyridine rings is 1. The maximum atomic E-state index is 4.43. The van der Waals surface area contributed by atoms with Gasteiger partial charge < -0.3 is 10.6 Å². The zero-order valence-electron chi connectivity index (χ0n) is 13.1. The van der Waals surface area contributed by atoms with Crippen LogP contribution in [0.2, 0.25) is 0 Å². The first-order valence-electron chi connectivity index (χ1n) is 7.38. The molecule has 116 valence electrons. The Balaban J connectivity index is 1.71. The third-order valence-electron chi connectivity index (χ3n) is 3.38. The van der Waals surface area contributed by atoms with Gasteiger partial charge in [-0.25, -0.2) is 0 Å². The van der Waals surface area contributed by atoms with Crippen LogP contribution in [0, 0.1) is 13.8 Å². The van der Waals surface area contributed by atoms with Crippen molar-refractivity contribution >= 4 is 17.5 Å². The number of hydrogen-bond donors (Lipinski definition) is 2. The summed E-state index contributed by atoms with van der Waals surface area (Å²) < 4.78 is 0. The molecular weight excluding hydrogens is 288 g/mol. The highest BCUT2D eigenvalue weighted by Crippen LogP contribution is 2.19. The Hall–Kier alpha value is -3.02. The van der Waals surface area contributed by atoms with Crippen LogP contribution in [-0.2, 0) is 6.54 Å². The van der Waals surface area contributed by atoms with Crippen molar-refractivity contribution in [3.05, 3.63) is 65.6 Å². The zero-order valence-corrected chi connectivity index (χ0v) is 13.1. The molecule has 0 spiro atoms. The lowest BCUT2D eigenvalue weighted by Crippen LogP contribution is -2.06. The Bertz CT molecular complexity index is 788. The molecule has 0 aliphatic rings. The molecule has 0 radical (unpaired) electrons. The second-order valence-electron chi connectivity index (χ2n) is 5.28. The van der Waals surface area contributed by atoms with Gasteiger partial charge in [-0.1, -0.05) is 18.2 Å². The molecule has 23 heavy (non-hydrogen) atoms. The van der Waals surface area contributed by atoms with E-state index in [9.17, 15) is 0 Å². The minimum atomic E-state index is 0.463. The predicted octanol–water partition coefficient (Wildman–Crippen LogP) is 3.24. The molecule has 2 aromatic heterocycles. The van der Waals surface area contributed by atoms with Crippen molar-refractivity contribution in [2.45, 2.75) is 20.4 Å². The molecule has 2 N–H and O–H groups in total. The molecule has 0 fully saturated rings. The fraction of sp³-hybridized carbons (Fsp3) is 0.176. The van der Waals surface area contributed by atoms with Gasteiger partial charge >= 0.3 is 0 Å². The Morgan fingerprint density at radius 2 is 2.00 bits per heavy atom. The van der Waals surface area contributed by atoms with Crippen molar-refractivity contribution < 1.29 is 0 Å². The number of aromatic nitrogens is 4. The maximum absolute atomic E-state index is 4.43. The van der Waals surface area contributed by atoms with E-state index in [1.54, 1.807) is 12.4 Å². The third kappa shape index (κ3) is 4.00. The quantitative estimate of drug-likeness (QED) is 0.753. The van der Waals surface area contributed by atoms with Crippen LogP contribution in [0.25, 0.3) is 0 Å².